The van der Waals surface area contributed by atoms with Crippen LogP contribution in [0.1, 0.15) is 42.4 Å². The van der Waals surface area contributed by atoms with Crippen molar-refractivity contribution in [1.29, 1.82) is 0 Å². The summed E-state index contributed by atoms with van der Waals surface area (Å²) >= 11 is 0. The maximum atomic E-state index is 12.9. The molecule has 0 saturated carbocycles. The van der Waals surface area contributed by atoms with Gasteiger partial charge < -0.3 is 15.2 Å². The molecule has 1 unspecified atom stereocenters. The number of hydrogen-bond acceptors (Lipinski definition) is 3. The third-order valence-electron chi connectivity index (χ3n) is 5.11. The van der Waals surface area contributed by atoms with E-state index in [1.165, 1.54) is 0 Å². The Bertz CT molecular complexity index is 1000. The highest BCUT2D eigenvalue weighted by atomic mass is 16.5. The molecule has 160 valence electrons. The first-order valence-electron chi connectivity index (χ1n) is 10.4. The third kappa shape index (κ3) is 6.71. The number of anilines is 1. The quantitative estimate of drug-likeness (QED) is 0.462. The molecule has 1 atom stereocenters. The van der Waals surface area contributed by atoms with E-state index in [1.807, 2.05) is 85.8 Å². The van der Waals surface area contributed by atoms with Crippen LogP contribution in [0.25, 0.3) is 0 Å². The number of carbonyl (C=O) groups is 2. The molecular formula is C26H27NO4. The van der Waals surface area contributed by atoms with Crippen LogP contribution in [0.15, 0.2) is 78.9 Å². The molecule has 0 heterocycles. The number of carboxylic acid groups (broad SMARTS) is 1. The molecule has 0 spiro atoms. The van der Waals surface area contributed by atoms with Gasteiger partial charge in [-0.15, -0.1) is 0 Å². The zero-order chi connectivity index (χ0) is 22.1. The summed E-state index contributed by atoms with van der Waals surface area (Å²) in [6.07, 6.45) is 1.17. The van der Waals surface area contributed by atoms with Crippen molar-refractivity contribution in [3.8, 4) is 5.75 Å². The van der Waals surface area contributed by atoms with Crippen molar-refractivity contribution in [3.63, 3.8) is 0 Å². The predicted molar refractivity (Wildman–Crippen MR) is 121 cm³/mol. The van der Waals surface area contributed by atoms with Gasteiger partial charge in [0.2, 0.25) is 5.91 Å². The number of aryl methyl sites for hydroxylation is 1. The number of carboxylic acids is 1. The lowest BCUT2D eigenvalue weighted by Crippen LogP contribution is -2.20. The smallest absolute Gasteiger partial charge is 0.303 e. The Morgan fingerprint density at radius 1 is 0.968 bits per heavy atom. The summed E-state index contributed by atoms with van der Waals surface area (Å²) in [7, 11) is 0. The Labute approximate surface area is 182 Å². The van der Waals surface area contributed by atoms with Gasteiger partial charge in [-0.1, -0.05) is 60.7 Å². The van der Waals surface area contributed by atoms with E-state index < -0.39 is 5.97 Å². The minimum absolute atomic E-state index is 0.0900. The number of amides is 1. The highest BCUT2D eigenvalue weighted by Crippen LogP contribution is 2.24. The molecule has 3 rings (SSSR count). The number of carbonyl (C=O) groups excluding carboxylic acids is 1. The zero-order valence-corrected chi connectivity index (χ0v) is 17.6. The molecule has 0 aliphatic carbocycles. The Kier molecular flexibility index (Phi) is 7.82. The van der Waals surface area contributed by atoms with Crippen LogP contribution in [0.5, 0.6) is 5.75 Å². The van der Waals surface area contributed by atoms with Crippen LogP contribution in [-0.4, -0.2) is 17.0 Å². The number of ether oxygens (including phenoxy) is 1. The first-order valence-corrected chi connectivity index (χ1v) is 10.4. The zero-order valence-electron chi connectivity index (χ0n) is 17.6. The van der Waals surface area contributed by atoms with Gasteiger partial charge >= 0.3 is 5.97 Å². The second-order valence-electron chi connectivity index (χ2n) is 7.46. The number of para-hydroxylation sites is 1. The van der Waals surface area contributed by atoms with Crippen molar-refractivity contribution < 1.29 is 19.4 Å². The van der Waals surface area contributed by atoms with Crippen molar-refractivity contribution in [2.75, 3.05) is 5.32 Å². The molecule has 2 N–H and O–H groups in total. The SMILES string of the molecule is CC(C(=O)Nc1cc(COc2ccccc2)ccc1CCCC(=O)O)c1ccccc1. The molecule has 1 amide bonds. The Morgan fingerprint density at radius 2 is 1.65 bits per heavy atom. The molecule has 0 aliphatic heterocycles. The normalized spacial score (nSPS) is 11.5. The molecule has 3 aromatic carbocycles. The summed E-state index contributed by atoms with van der Waals surface area (Å²) < 4.78 is 5.83. The second-order valence-corrected chi connectivity index (χ2v) is 7.46. The molecule has 0 saturated heterocycles. The van der Waals surface area contributed by atoms with Crippen molar-refractivity contribution in [2.24, 2.45) is 0 Å². The molecule has 31 heavy (non-hydrogen) atoms. The molecule has 0 aliphatic rings. The number of aliphatic carboxylic acids is 1. The molecule has 0 fully saturated rings. The Hall–Kier alpha value is -3.60. The third-order valence-corrected chi connectivity index (χ3v) is 5.11. The lowest BCUT2D eigenvalue weighted by atomic mass is 9.99. The number of benzene rings is 3. The molecule has 0 radical (unpaired) electrons. The van der Waals surface area contributed by atoms with Crippen molar-refractivity contribution >= 4 is 17.6 Å². The number of hydrogen-bond donors (Lipinski definition) is 2. The summed E-state index contributed by atoms with van der Waals surface area (Å²) in [6.45, 7) is 2.24. The summed E-state index contributed by atoms with van der Waals surface area (Å²) in [6, 6.07) is 25.0. The summed E-state index contributed by atoms with van der Waals surface area (Å²) in [5.41, 5.74) is 3.48. The van der Waals surface area contributed by atoms with Gasteiger partial charge in [0, 0.05) is 12.1 Å². The van der Waals surface area contributed by atoms with Gasteiger partial charge in [0.1, 0.15) is 12.4 Å². The molecule has 0 bridgehead atoms. The van der Waals surface area contributed by atoms with Crippen molar-refractivity contribution in [2.45, 2.75) is 38.7 Å². The van der Waals surface area contributed by atoms with Crippen LogP contribution in [0.4, 0.5) is 5.69 Å². The largest absolute Gasteiger partial charge is 0.489 e. The summed E-state index contributed by atoms with van der Waals surface area (Å²) in [5, 5.41) is 12.0. The van der Waals surface area contributed by atoms with Crippen LogP contribution in [-0.2, 0) is 22.6 Å². The number of rotatable bonds is 10. The maximum Gasteiger partial charge on any atom is 0.303 e. The fourth-order valence-electron chi connectivity index (χ4n) is 3.30. The second kappa shape index (κ2) is 11.0. The Morgan fingerprint density at radius 3 is 2.32 bits per heavy atom. The van der Waals surface area contributed by atoms with E-state index in [0.717, 1.165) is 22.4 Å². The predicted octanol–water partition coefficient (Wildman–Crippen LogP) is 5.42. The van der Waals surface area contributed by atoms with E-state index in [-0.39, 0.29) is 18.2 Å². The average molecular weight is 418 g/mol. The highest BCUT2D eigenvalue weighted by molar-refractivity contribution is 5.96. The van der Waals surface area contributed by atoms with Crippen LogP contribution in [0.2, 0.25) is 0 Å². The van der Waals surface area contributed by atoms with E-state index in [0.29, 0.717) is 25.1 Å². The van der Waals surface area contributed by atoms with Crippen molar-refractivity contribution in [3.05, 3.63) is 95.6 Å². The number of nitrogens with one attached hydrogen (secondary N) is 1. The molecular weight excluding hydrogens is 390 g/mol. The van der Waals surface area contributed by atoms with Gasteiger partial charge in [-0.2, -0.15) is 0 Å². The minimum Gasteiger partial charge on any atom is -0.489 e. The highest BCUT2D eigenvalue weighted by Gasteiger charge is 2.17. The lowest BCUT2D eigenvalue weighted by molar-refractivity contribution is -0.137. The van der Waals surface area contributed by atoms with Crippen LogP contribution >= 0.6 is 0 Å². The van der Waals surface area contributed by atoms with E-state index in [4.69, 9.17) is 9.84 Å². The van der Waals surface area contributed by atoms with Crippen LogP contribution < -0.4 is 10.1 Å². The van der Waals surface area contributed by atoms with Gasteiger partial charge in [0.05, 0.1) is 5.92 Å². The van der Waals surface area contributed by atoms with E-state index in [2.05, 4.69) is 5.32 Å². The first-order chi connectivity index (χ1) is 15.0. The fraction of sp³-hybridized carbons (Fsp3) is 0.231. The summed E-state index contributed by atoms with van der Waals surface area (Å²) in [5.74, 6) is -0.461. The standard InChI is InChI=1S/C26H27NO4/c1-19(21-9-4-2-5-10-21)26(30)27-24-17-20(18-31-23-12-6-3-7-13-23)15-16-22(24)11-8-14-25(28)29/h2-7,9-10,12-13,15-17,19H,8,11,14,18H2,1H3,(H,27,30)(H,28,29). The van der Waals surface area contributed by atoms with E-state index in [1.54, 1.807) is 0 Å². The van der Waals surface area contributed by atoms with E-state index >= 15 is 0 Å². The van der Waals surface area contributed by atoms with Gasteiger partial charge in [0.15, 0.2) is 0 Å². The minimum atomic E-state index is -0.823. The lowest BCUT2D eigenvalue weighted by Gasteiger charge is -2.17. The topological polar surface area (TPSA) is 75.6 Å². The maximum absolute atomic E-state index is 12.9. The molecule has 3 aromatic rings. The molecule has 5 nitrogen and oxygen atoms in total. The average Bonchev–Trinajstić information content (AvgIpc) is 2.79. The van der Waals surface area contributed by atoms with Crippen LogP contribution in [0.3, 0.4) is 0 Å². The van der Waals surface area contributed by atoms with Gasteiger partial charge in [-0.05, 0) is 54.7 Å². The summed E-state index contributed by atoms with van der Waals surface area (Å²) in [4.78, 5) is 23.8. The Balaban J connectivity index is 1.75. The molecule has 0 aromatic heterocycles. The first kappa shape index (κ1) is 22.1. The monoisotopic (exact) mass is 417 g/mol. The molecule has 5 heteroatoms. The van der Waals surface area contributed by atoms with Crippen LogP contribution in [0, 0.1) is 0 Å². The van der Waals surface area contributed by atoms with Crippen molar-refractivity contribution in [1.82, 2.24) is 0 Å². The fourth-order valence-corrected chi connectivity index (χ4v) is 3.30. The van der Waals surface area contributed by atoms with Gasteiger partial charge in [0.25, 0.3) is 0 Å². The van der Waals surface area contributed by atoms with E-state index in [9.17, 15) is 9.59 Å². The van der Waals surface area contributed by atoms with Gasteiger partial charge in [-0.3, -0.25) is 9.59 Å². The van der Waals surface area contributed by atoms with Gasteiger partial charge in [-0.25, -0.2) is 0 Å².